The lowest BCUT2D eigenvalue weighted by atomic mass is 9.98. The van der Waals surface area contributed by atoms with Gasteiger partial charge in [0.2, 0.25) is 0 Å². The van der Waals surface area contributed by atoms with E-state index in [1.54, 1.807) is 46.1 Å². The number of halogens is 1. The molecule has 254 valence electrons. The van der Waals surface area contributed by atoms with E-state index in [4.69, 9.17) is 18.9 Å². The Morgan fingerprint density at radius 2 is 1.46 bits per heavy atom. The Labute approximate surface area is 279 Å². The Morgan fingerprint density at radius 1 is 0.896 bits per heavy atom. The summed E-state index contributed by atoms with van der Waals surface area (Å²) in [5.41, 5.74) is -1.51. The first-order valence-electron chi connectivity index (χ1n) is 15.8. The summed E-state index contributed by atoms with van der Waals surface area (Å²) in [6.07, 6.45) is -0.0435. The number of hydrogen-bond acceptors (Lipinski definition) is 9. The summed E-state index contributed by atoms with van der Waals surface area (Å²) in [5, 5.41) is 0. The molecule has 48 heavy (non-hydrogen) atoms. The van der Waals surface area contributed by atoms with Gasteiger partial charge in [0, 0.05) is 6.42 Å². The Hall–Kier alpha value is -4.68. The number of nitrogens with zero attached hydrogens (tertiary/aromatic N) is 5. The predicted octanol–water partition coefficient (Wildman–Crippen LogP) is 7.51. The molecule has 11 nitrogen and oxygen atoms in total. The van der Waals surface area contributed by atoms with Gasteiger partial charge in [0.25, 0.3) is 0 Å². The third kappa shape index (κ3) is 7.88. The number of imide groups is 1. The first-order valence-corrected chi connectivity index (χ1v) is 15.8. The van der Waals surface area contributed by atoms with Crippen LogP contribution in [0.25, 0.3) is 11.2 Å². The van der Waals surface area contributed by atoms with Crippen LogP contribution in [-0.2, 0) is 32.2 Å². The fraction of sp³-hybridized carbons (Fsp3) is 0.417. The summed E-state index contributed by atoms with van der Waals surface area (Å²) >= 11 is 0. The number of carbonyl (C=O) groups is 2. The monoisotopic (exact) mass is 659 g/mol. The van der Waals surface area contributed by atoms with Gasteiger partial charge in [0.05, 0.1) is 32.2 Å². The molecule has 2 heterocycles. The van der Waals surface area contributed by atoms with E-state index in [-0.39, 0.29) is 48.8 Å². The number of carbonyl (C=O) groups excluding carboxylic acids is 2. The minimum Gasteiger partial charge on any atom is -0.443 e. The van der Waals surface area contributed by atoms with Gasteiger partial charge in [-0.1, -0.05) is 67.2 Å². The maximum atomic E-state index is 17.2. The zero-order valence-corrected chi connectivity index (χ0v) is 28.2. The molecule has 1 aliphatic carbocycles. The molecule has 2 aromatic heterocycles. The standard InChI is InChI=1S/C36H42FN5O6/c1-24-27(18-28(46-20-26-16-12-9-13-17-26)36(24,37)21-45-19-25-14-10-8-11-15-25)41-23-40-29-30(41)38-22-39-31(29)42(32(43)47-34(2,3)4)33(44)48-35(5,6)7/h8-17,22-23,27-28H,1,18-21H2,2-7H3/t27-,28-,36-/m0/s1. The topological polar surface area (TPSA) is 118 Å². The Balaban J connectivity index is 1.48. The van der Waals surface area contributed by atoms with Crippen LogP contribution in [0.5, 0.6) is 0 Å². The predicted molar refractivity (Wildman–Crippen MR) is 178 cm³/mol. The smallest absolute Gasteiger partial charge is 0.425 e. The molecule has 0 unspecified atom stereocenters. The van der Waals surface area contributed by atoms with Gasteiger partial charge in [-0.2, -0.15) is 4.90 Å². The van der Waals surface area contributed by atoms with Crippen molar-refractivity contribution in [1.82, 2.24) is 19.5 Å². The van der Waals surface area contributed by atoms with Crippen LogP contribution < -0.4 is 4.90 Å². The molecule has 0 N–H and O–H groups in total. The van der Waals surface area contributed by atoms with Crippen LogP contribution in [0.1, 0.15) is 65.1 Å². The number of rotatable bonds is 9. The molecule has 3 atom stereocenters. The molecule has 2 amide bonds. The van der Waals surface area contributed by atoms with Crippen molar-refractivity contribution in [1.29, 1.82) is 0 Å². The summed E-state index contributed by atoms with van der Waals surface area (Å²) in [7, 11) is 0. The zero-order valence-electron chi connectivity index (χ0n) is 28.2. The van der Waals surface area contributed by atoms with E-state index >= 15 is 4.39 Å². The second-order valence-electron chi connectivity index (χ2n) is 13.7. The van der Waals surface area contributed by atoms with Gasteiger partial charge in [0.15, 0.2) is 22.7 Å². The number of anilines is 1. The number of hydrogen-bond donors (Lipinski definition) is 0. The average molecular weight is 660 g/mol. The van der Waals surface area contributed by atoms with Gasteiger partial charge in [-0.3, -0.25) is 0 Å². The molecule has 0 aliphatic heterocycles. The summed E-state index contributed by atoms with van der Waals surface area (Å²) in [5.74, 6) is -0.138. The third-order valence-electron chi connectivity index (χ3n) is 7.64. The fourth-order valence-corrected chi connectivity index (χ4v) is 5.44. The SMILES string of the molecule is C=C1[C@@H](n2cnc3c(N(C(=O)OC(C)(C)C)C(=O)OC(C)(C)C)ncnc32)C[C@H](OCc2ccccc2)[C@]1(F)COCc1ccccc1. The first kappa shape index (κ1) is 34.6. The van der Waals surface area contributed by atoms with Crippen LogP contribution in [0.3, 0.4) is 0 Å². The van der Waals surface area contributed by atoms with Crippen LogP contribution in [0.2, 0.25) is 0 Å². The van der Waals surface area contributed by atoms with E-state index in [9.17, 15) is 9.59 Å². The lowest BCUT2D eigenvalue weighted by molar-refractivity contribution is -0.0763. The summed E-state index contributed by atoms with van der Waals surface area (Å²) < 4.78 is 42.1. The Morgan fingerprint density at radius 3 is 2.02 bits per heavy atom. The van der Waals surface area contributed by atoms with Gasteiger partial charge >= 0.3 is 12.2 Å². The lowest BCUT2D eigenvalue weighted by Gasteiger charge is -2.28. The molecule has 0 spiro atoms. The number of alkyl halides is 1. The average Bonchev–Trinajstić information content (AvgIpc) is 3.54. The largest absolute Gasteiger partial charge is 0.443 e. The second-order valence-corrected chi connectivity index (χ2v) is 13.7. The molecule has 1 fully saturated rings. The highest BCUT2D eigenvalue weighted by atomic mass is 19.1. The number of ether oxygens (including phenoxy) is 4. The highest BCUT2D eigenvalue weighted by Crippen LogP contribution is 2.48. The molecule has 1 saturated carbocycles. The van der Waals surface area contributed by atoms with E-state index in [1.165, 1.54) is 12.7 Å². The van der Waals surface area contributed by atoms with Gasteiger partial charge < -0.3 is 23.5 Å². The van der Waals surface area contributed by atoms with Crippen LogP contribution >= 0.6 is 0 Å². The molecular weight excluding hydrogens is 617 g/mol. The summed E-state index contributed by atoms with van der Waals surface area (Å²) in [6, 6.07) is 18.4. The molecule has 4 aromatic rings. The molecular formula is C36H42FN5O6. The Bertz CT molecular complexity index is 1720. The van der Waals surface area contributed by atoms with E-state index in [2.05, 4.69) is 21.5 Å². The van der Waals surface area contributed by atoms with Crippen LogP contribution in [0.15, 0.2) is 85.5 Å². The summed E-state index contributed by atoms with van der Waals surface area (Å²) in [4.78, 5) is 40.6. The number of fused-ring (bicyclic) bond motifs is 1. The lowest BCUT2D eigenvalue weighted by Crippen LogP contribution is -2.44. The van der Waals surface area contributed by atoms with Gasteiger partial charge in [-0.15, -0.1) is 0 Å². The van der Waals surface area contributed by atoms with Crippen molar-refractivity contribution in [2.24, 2.45) is 0 Å². The quantitative estimate of drug-likeness (QED) is 0.168. The number of imidazole rings is 1. The maximum absolute atomic E-state index is 17.2. The number of amides is 2. The van der Waals surface area contributed by atoms with Gasteiger partial charge in [0.1, 0.15) is 23.6 Å². The van der Waals surface area contributed by atoms with Gasteiger partial charge in [-0.25, -0.2) is 28.9 Å². The molecule has 2 aromatic carbocycles. The van der Waals surface area contributed by atoms with Crippen molar-refractivity contribution >= 4 is 29.2 Å². The molecule has 0 saturated heterocycles. The molecule has 5 rings (SSSR count). The minimum absolute atomic E-state index is 0.112. The van der Waals surface area contributed by atoms with E-state index in [0.717, 1.165) is 11.1 Å². The van der Waals surface area contributed by atoms with E-state index < -0.39 is 41.2 Å². The molecule has 12 heteroatoms. The van der Waals surface area contributed by atoms with Crippen molar-refractivity contribution < 1.29 is 32.9 Å². The highest BCUT2D eigenvalue weighted by Gasteiger charge is 2.53. The normalized spacial score (nSPS) is 19.8. The number of aromatic nitrogens is 4. The second kappa shape index (κ2) is 13.8. The van der Waals surface area contributed by atoms with Crippen molar-refractivity contribution in [3.05, 3.63) is 96.6 Å². The molecule has 1 aliphatic rings. The van der Waals surface area contributed by atoms with E-state index in [1.807, 2.05) is 60.7 Å². The van der Waals surface area contributed by atoms with Crippen molar-refractivity contribution in [3.63, 3.8) is 0 Å². The maximum Gasteiger partial charge on any atom is 0.425 e. The van der Waals surface area contributed by atoms with Crippen LogP contribution in [0.4, 0.5) is 19.8 Å². The zero-order chi connectivity index (χ0) is 34.7. The minimum atomic E-state index is -2.06. The van der Waals surface area contributed by atoms with E-state index in [0.29, 0.717) is 4.90 Å². The first-order chi connectivity index (χ1) is 22.7. The van der Waals surface area contributed by atoms with Crippen molar-refractivity contribution in [3.8, 4) is 0 Å². The third-order valence-corrected chi connectivity index (χ3v) is 7.64. The molecule has 0 radical (unpaired) electrons. The van der Waals surface area contributed by atoms with Crippen molar-refractivity contribution in [2.45, 2.75) is 90.2 Å². The highest BCUT2D eigenvalue weighted by molar-refractivity contribution is 6.12. The summed E-state index contributed by atoms with van der Waals surface area (Å²) in [6.45, 7) is 14.4. The van der Waals surface area contributed by atoms with Crippen LogP contribution in [-0.4, -0.2) is 61.3 Å². The fourth-order valence-electron chi connectivity index (χ4n) is 5.44. The van der Waals surface area contributed by atoms with Crippen LogP contribution in [0, 0.1) is 0 Å². The Kier molecular flexibility index (Phi) is 9.97. The van der Waals surface area contributed by atoms with Crippen molar-refractivity contribution in [2.75, 3.05) is 11.5 Å². The number of benzene rings is 2. The molecule has 0 bridgehead atoms. The van der Waals surface area contributed by atoms with Gasteiger partial charge in [-0.05, 0) is 58.2 Å².